The molecular formula is C12H12N2O4. The van der Waals surface area contributed by atoms with Gasteiger partial charge in [0.2, 0.25) is 5.88 Å². The Bertz CT molecular complexity index is 510. The number of hydrogen-bond acceptors (Lipinski definition) is 6. The summed E-state index contributed by atoms with van der Waals surface area (Å²) < 4.78 is 15.1. The molecule has 0 atom stereocenters. The van der Waals surface area contributed by atoms with E-state index in [1.165, 1.54) is 6.07 Å². The molecule has 94 valence electrons. The van der Waals surface area contributed by atoms with Gasteiger partial charge in [0.05, 0.1) is 6.61 Å². The smallest absolute Gasteiger partial charge is 0.360 e. The van der Waals surface area contributed by atoms with Crippen LogP contribution in [0.3, 0.4) is 0 Å². The van der Waals surface area contributed by atoms with Crippen LogP contribution in [0.25, 0.3) is 0 Å². The zero-order valence-electron chi connectivity index (χ0n) is 9.83. The summed E-state index contributed by atoms with van der Waals surface area (Å²) in [4.78, 5) is 15.3. The molecule has 0 saturated carbocycles. The van der Waals surface area contributed by atoms with Gasteiger partial charge < -0.3 is 14.0 Å². The highest BCUT2D eigenvalue weighted by molar-refractivity contribution is 5.87. The molecule has 2 rings (SSSR count). The molecule has 0 N–H and O–H groups in total. The first-order chi connectivity index (χ1) is 8.79. The summed E-state index contributed by atoms with van der Waals surface area (Å²) in [5.74, 6) is 0.403. The molecule has 18 heavy (non-hydrogen) atoms. The number of ether oxygens (including phenoxy) is 2. The van der Waals surface area contributed by atoms with Crippen molar-refractivity contribution in [2.75, 3.05) is 6.61 Å². The normalized spacial score (nSPS) is 10.1. The van der Waals surface area contributed by atoms with Crippen LogP contribution in [0.4, 0.5) is 0 Å². The number of esters is 1. The number of carbonyl (C=O) groups is 1. The molecule has 2 aromatic heterocycles. The van der Waals surface area contributed by atoms with Crippen LogP contribution in [0.5, 0.6) is 5.88 Å². The number of aromatic nitrogens is 2. The lowest BCUT2D eigenvalue weighted by atomic mass is 10.4. The van der Waals surface area contributed by atoms with Crippen molar-refractivity contribution in [1.82, 2.24) is 10.1 Å². The largest absolute Gasteiger partial charge is 0.469 e. The minimum absolute atomic E-state index is 0.136. The van der Waals surface area contributed by atoms with Crippen LogP contribution < -0.4 is 4.74 Å². The molecule has 0 spiro atoms. The Morgan fingerprint density at radius 1 is 1.44 bits per heavy atom. The van der Waals surface area contributed by atoms with E-state index in [1.54, 1.807) is 25.3 Å². The third-order valence-corrected chi connectivity index (χ3v) is 2.04. The van der Waals surface area contributed by atoms with E-state index in [1.807, 2.05) is 6.07 Å². The van der Waals surface area contributed by atoms with Gasteiger partial charge in [-0.25, -0.2) is 9.78 Å². The number of nitrogens with zero attached hydrogens (tertiary/aromatic N) is 2. The second kappa shape index (κ2) is 5.81. The highest BCUT2D eigenvalue weighted by Gasteiger charge is 2.13. The van der Waals surface area contributed by atoms with Crippen LogP contribution >= 0.6 is 0 Å². The Morgan fingerprint density at radius 2 is 2.33 bits per heavy atom. The van der Waals surface area contributed by atoms with E-state index < -0.39 is 5.97 Å². The molecule has 0 amide bonds. The van der Waals surface area contributed by atoms with Gasteiger partial charge in [-0.2, -0.15) is 0 Å². The van der Waals surface area contributed by atoms with Crippen LogP contribution in [0.1, 0.15) is 23.2 Å². The van der Waals surface area contributed by atoms with Crippen LogP contribution in [0.15, 0.2) is 35.0 Å². The number of hydrogen-bond donors (Lipinski definition) is 0. The summed E-state index contributed by atoms with van der Waals surface area (Å²) in [5.41, 5.74) is 0.136. The Hall–Kier alpha value is -2.37. The second-order valence-electron chi connectivity index (χ2n) is 3.36. The van der Waals surface area contributed by atoms with Crippen molar-refractivity contribution in [2.24, 2.45) is 0 Å². The molecular weight excluding hydrogens is 236 g/mol. The van der Waals surface area contributed by atoms with Gasteiger partial charge >= 0.3 is 5.97 Å². The average molecular weight is 248 g/mol. The fourth-order valence-corrected chi connectivity index (χ4v) is 1.26. The second-order valence-corrected chi connectivity index (χ2v) is 3.36. The summed E-state index contributed by atoms with van der Waals surface area (Å²) in [5, 5.41) is 3.60. The van der Waals surface area contributed by atoms with Gasteiger partial charge in [-0.15, -0.1) is 0 Å². The lowest BCUT2D eigenvalue weighted by Crippen LogP contribution is -2.04. The van der Waals surface area contributed by atoms with E-state index in [9.17, 15) is 4.79 Å². The number of rotatable bonds is 5. The van der Waals surface area contributed by atoms with Gasteiger partial charge in [0.15, 0.2) is 18.1 Å². The molecule has 0 saturated heterocycles. The third-order valence-electron chi connectivity index (χ3n) is 2.04. The minimum Gasteiger partial charge on any atom is -0.469 e. The van der Waals surface area contributed by atoms with Crippen LogP contribution in [0, 0.1) is 0 Å². The molecule has 2 aromatic rings. The summed E-state index contributed by atoms with van der Waals surface area (Å²) in [6.45, 7) is 2.18. The van der Waals surface area contributed by atoms with E-state index in [0.717, 1.165) is 0 Å². The Labute approximate surface area is 104 Å². The predicted octanol–water partition coefficient (Wildman–Crippen LogP) is 1.83. The van der Waals surface area contributed by atoms with Gasteiger partial charge in [-0.05, 0) is 13.0 Å². The molecule has 0 aromatic carbocycles. The van der Waals surface area contributed by atoms with Crippen molar-refractivity contribution in [3.05, 3.63) is 41.9 Å². The quantitative estimate of drug-likeness (QED) is 0.751. The molecule has 6 heteroatoms. The van der Waals surface area contributed by atoms with Crippen molar-refractivity contribution in [3.63, 3.8) is 0 Å². The summed E-state index contributed by atoms with van der Waals surface area (Å²) in [7, 11) is 0. The van der Waals surface area contributed by atoms with E-state index in [4.69, 9.17) is 14.0 Å². The molecule has 0 aliphatic heterocycles. The minimum atomic E-state index is -0.509. The molecule has 0 bridgehead atoms. The van der Waals surface area contributed by atoms with Crippen molar-refractivity contribution in [3.8, 4) is 5.88 Å². The molecule has 6 nitrogen and oxygen atoms in total. The van der Waals surface area contributed by atoms with Gasteiger partial charge in [-0.3, -0.25) is 0 Å². The van der Waals surface area contributed by atoms with Gasteiger partial charge in [0.1, 0.15) is 0 Å². The van der Waals surface area contributed by atoms with E-state index in [2.05, 4.69) is 10.1 Å². The Kier molecular flexibility index (Phi) is 3.90. The zero-order valence-corrected chi connectivity index (χ0v) is 9.83. The SMILES string of the molecule is CCOC(=O)c1cc(COc2ccccn2)on1. The lowest BCUT2D eigenvalue weighted by molar-refractivity contribution is 0.0514. The molecule has 0 unspecified atom stereocenters. The maximum absolute atomic E-state index is 11.3. The van der Waals surface area contributed by atoms with Crippen LogP contribution in [-0.4, -0.2) is 22.7 Å². The lowest BCUT2D eigenvalue weighted by Gasteiger charge is -2.00. The standard InChI is InChI=1S/C12H12N2O4/c1-2-16-12(15)10-7-9(18-14-10)8-17-11-5-3-4-6-13-11/h3-7H,2,8H2,1H3. The summed E-state index contributed by atoms with van der Waals surface area (Å²) in [6, 6.07) is 6.82. The third kappa shape index (κ3) is 3.07. The molecule has 0 radical (unpaired) electrons. The van der Waals surface area contributed by atoms with Gasteiger partial charge in [-0.1, -0.05) is 11.2 Å². The van der Waals surface area contributed by atoms with Crippen molar-refractivity contribution < 1.29 is 18.8 Å². The zero-order chi connectivity index (χ0) is 12.8. The van der Waals surface area contributed by atoms with Crippen molar-refractivity contribution >= 4 is 5.97 Å². The van der Waals surface area contributed by atoms with Gasteiger partial charge in [0, 0.05) is 18.3 Å². The Balaban J connectivity index is 1.93. The average Bonchev–Trinajstić information content (AvgIpc) is 2.87. The number of pyridine rings is 1. The van der Waals surface area contributed by atoms with Crippen molar-refractivity contribution in [2.45, 2.75) is 13.5 Å². The van der Waals surface area contributed by atoms with E-state index >= 15 is 0 Å². The highest BCUT2D eigenvalue weighted by atomic mass is 16.5. The number of carbonyl (C=O) groups excluding carboxylic acids is 1. The first-order valence-corrected chi connectivity index (χ1v) is 5.46. The van der Waals surface area contributed by atoms with Crippen molar-refractivity contribution in [1.29, 1.82) is 0 Å². The summed E-state index contributed by atoms with van der Waals surface area (Å²) >= 11 is 0. The first kappa shape index (κ1) is 12.1. The van der Waals surface area contributed by atoms with Crippen LogP contribution in [0.2, 0.25) is 0 Å². The monoisotopic (exact) mass is 248 g/mol. The van der Waals surface area contributed by atoms with Gasteiger partial charge in [0.25, 0.3) is 0 Å². The van der Waals surface area contributed by atoms with Crippen LogP contribution in [-0.2, 0) is 11.3 Å². The molecule has 0 aliphatic rings. The topological polar surface area (TPSA) is 74.5 Å². The Morgan fingerprint density at radius 3 is 3.06 bits per heavy atom. The first-order valence-electron chi connectivity index (χ1n) is 5.46. The summed E-state index contributed by atoms with van der Waals surface area (Å²) in [6.07, 6.45) is 1.62. The highest BCUT2D eigenvalue weighted by Crippen LogP contribution is 2.10. The fourth-order valence-electron chi connectivity index (χ4n) is 1.26. The van der Waals surface area contributed by atoms with E-state index in [0.29, 0.717) is 18.2 Å². The molecule has 2 heterocycles. The fraction of sp³-hybridized carbons (Fsp3) is 0.250. The molecule has 0 aliphatic carbocycles. The maximum Gasteiger partial charge on any atom is 0.360 e. The van der Waals surface area contributed by atoms with E-state index in [-0.39, 0.29) is 12.3 Å². The molecule has 0 fully saturated rings. The predicted molar refractivity (Wildman–Crippen MR) is 61.0 cm³/mol. The maximum atomic E-state index is 11.3.